The Kier molecular flexibility index (Phi) is 5.73. The van der Waals surface area contributed by atoms with Gasteiger partial charge in [0.15, 0.2) is 0 Å². The standard InChI is InChI=1S/C17H19Cl2N5O/c1-23-6-8-24(9-7-23)15-5-2-12(10-20-15)11-21-17(25)16-13(18)3-4-14(19)22-16/h2-5,10H,6-9,11H2,1H3,(H,21,25). The van der Waals surface area contributed by atoms with Crippen molar-refractivity contribution in [3.8, 4) is 0 Å². The Bertz CT molecular complexity index is 745. The van der Waals surface area contributed by atoms with Gasteiger partial charge in [0.05, 0.1) is 5.02 Å². The average molecular weight is 380 g/mol. The predicted molar refractivity (Wildman–Crippen MR) is 99.4 cm³/mol. The number of carbonyl (C=O) groups excluding carboxylic acids is 1. The van der Waals surface area contributed by atoms with Crippen molar-refractivity contribution in [2.75, 3.05) is 38.1 Å². The predicted octanol–water partition coefficient (Wildman–Crippen LogP) is 2.47. The number of piperazine rings is 1. The highest BCUT2D eigenvalue weighted by Gasteiger charge is 2.15. The first-order chi connectivity index (χ1) is 12.0. The molecule has 3 rings (SSSR count). The Hall–Kier alpha value is -1.89. The number of hydrogen-bond acceptors (Lipinski definition) is 5. The van der Waals surface area contributed by atoms with E-state index in [1.54, 1.807) is 18.3 Å². The van der Waals surface area contributed by atoms with Gasteiger partial charge in [-0.1, -0.05) is 29.3 Å². The van der Waals surface area contributed by atoms with Crippen molar-refractivity contribution < 1.29 is 4.79 Å². The summed E-state index contributed by atoms with van der Waals surface area (Å²) in [5.41, 5.74) is 1.03. The monoisotopic (exact) mass is 379 g/mol. The summed E-state index contributed by atoms with van der Waals surface area (Å²) >= 11 is 11.8. The molecule has 8 heteroatoms. The van der Waals surface area contributed by atoms with E-state index in [1.807, 2.05) is 12.1 Å². The van der Waals surface area contributed by atoms with E-state index in [2.05, 4.69) is 32.1 Å². The molecule has 0 bridgehead atoms. The number of aromatic nitrogens is 2. The molecule has 0 saturated carbocycles. The first-order valence-corrected chi connectivity index (χ1v) is 8.77. The van der Waals surface area contributed by atoms with Crippen LogP contribution in [0, 0.1) is 0 Å². The Morgan fingerprint density at radius 2 is 1.92 bits per heavy atom. The summed E-state index contributed by atoms with van der Waals surface area (Å²) < 4.78 is 0. The van der Waals surface area contributed by atoms with Gasteiger partial charge in [-0.05, 0) is 30.8 Å². The molecule has 1 aliphatic heterocycles. The molecule has 0 atom stereocenters. The largest absolute Gasteiger partial charge is 0.354 e. The van der Waals surface area contributed by atoms with Gasteiger partial charge < -0.3 is 15.1 Å². The lowest BCUT2D eigenvalue weighted by Crippen LogP contribution is -2.44. The van der Waals surface area contributed by atoms with Gasteiger partial charge in [-0.3, -0.25) is 4.79 Å². The Morgan fingerprint density at radius 3 is 2.60 bits per heavy atom. The van der Waals surface area contributed by atoms with E-state index in [9.17, 15) is 4.79 Å². The molecule has 2 aromatic heterocycles. The van der Waals surface area contributed by atoms with E-state index >= 15 is 0 Å². The van der Waals surface area contributed by atoms with Gasteiger partial charge in [-0.15, -0.1) is 0 Å². The third-order valence-corrected chi connectivity index (χ3v) is 4.63. The molecule has 0 aliphatic carbocycles. The van der Waals surface area contributed by atoms with Crippen molar-refractivity contribution >= 4 is 34.9 Å². The highest BCUT2D eigenvalue weighted by molar-refractivity contribution is 6.34. The second kappa shape index (κ2) is 7.99. The molecule has 6 nitrogen and oxygen atoms in total. The summed E-state index contributed by atoms with van der Waals surface area (Å²) in [6.07, 6.45) is 1.78. The topological polar surface area (TPSA) is 61.4 Å². The van der Waals surface area contributed by atoms with Crippen LogP contribution in [0.4, 0.5) is 5.82 Å². The summed E-state index contributed by atoms with van der Waals surface area (Å²) in [6.45, 7) is 4.36. The minimum Gasteiger partial charge on any atom is -0.354 e. The number of carbonyl (C=O) groups is 1. The summed E-state index contributed by atoms with van der Waals surface area (Å²) in [5, 5.41) is 3.28. The number of halogens is 2. The first-order valence-electron chi connectivity index (χ1n) is 8.01. The number of amides is 1. The molecule has 0 spiro atoms. The number of rotatable bonds is 4. The molecule has 1 aliphatic rings. The SMILES string of the molecule is CN1CCN(c2ccc(CNC(=O)c3nc(Cl)ccc3Cl)cn2)CC1. The second-order valence-corrected chi connectivity index (χ2v) is 6.76. The van der Waals surface area contributed by atoms with Crippen molar-refractivity contribution in [1.82, 2.24) is 20.2 Å². The molecule has 0 aromatic carbocycles. The fourth-order valence-corrected chi connectivity index (χ4v) is 2.93. The van der Waals surface area contributed by atoms with E-state index in [1.165, 1.54) is 0 Å². The van der Waals surface area contributed by atoms with E-state index in [4.69, 9.17) is 23.2 Å². The molecule has 1 N–H and O–H groups in total. The molecule has 1 fully saturated rings. The van der Waals surface area contributed by atoms with Gasteiger partial charge >= 0.3 is 0 Å². The minimum absolute atomic E-state index is 0.121. The van der Waals surface area contributed by atoms with Crippen molar-refractivity contribution in [3.05, 3.63) is 51.9 Å². The molecular formula is C17H19Cl2N5O. The van der Waals surface area contributed by atoms with Gasteiger partial charge in [0.2, 0.25) is 0 Å². The number of likely N-dealkylation sites (N-methyl/N-ethyl adjacent to an activating group) is 1. The fourth-order valence-electron chi connectivity index (χ4n) is 2.59. The van der Waals surface area contributed by atoms with Crippen LogP contribution < -0.4 is 10.2 Å². The second-order valence-electron chi connectivity index (χ2n) is 5.96. The summed E-state index contributed by atoms with van der Waals surface area (Å²) in [7, 11) is 2.12. The lowest BCUT2D eigenvalue weighted by atomic mass is 10.2. The Labute approximate surface area is 156 Å². The van der Waals surface area contributed by atoms with Gasteiger partial charge in [0.25, 0.3) is 5.91 Å². The third kappa shape index (κ3) is 4.60. The number of anilines is 1. The molecule has 2 aromatic rings. The molecule has 132 valence electrons. The zero-order valence-electron chi connectivity index (χ0n) is 13.9. The number of nitrogens with one attached hydrogen (secondary N) is 1. The smallest absolute Gasteiger partial charge is 0.271 e. The normalized spacial score (nSPS) is 15.2. The third-order valence-electron chi connectivity index (χ3n) is 4.12. The number of nitrogens with zero attached hydrogens (tertiary/aromatic N) is 4. The van der Waals surface area contributed by atoms with Gasteiger partial charge in [0.1, 0.15) is 16.7 Å². The van der Waals surface area contributed by atoms with Crippen LogP contribution in [0.1, 0.15) is 16.1 Å². The van der Waals surface area contributed by atoms with Crippen molar-refractivity contribution in [1.29, 1.82) is 0 Å². The molecular weight excluding hydrogens is 361 g/mol. The van der Waals surface area contributed by atoms with E-state index in [0.29, 0.717) is 6.54 Å². The highest BCUT2D eigenvalue weighted by Crippen LogP contribution is 2.17. The summed E-state index contributed by atoms with van der Waals surface area (Å²) in [5.74, 6) is 0.596. The van der Waals surface area contributed by atoms with Crippen molar-refractivity contribution in [3.63, 3.8) is 0 Å². The maximum absolute atomic E-state index is 12.2. The fraction of sp³-hybridized carbons (Fsp3) is 0.353. The van der Waals surface area contributed by atoms with Crippen LogP contribution in [0.3, 0.4) is 0 Å². The van der Waals surface area contributed by atoms with Gasteiger partial charge in [-0.2, -0.15) is 0 Å². The quantitative estimate of drug-likeness (QED) is 0.826. The molecule has 0 radical (unpaired) electrons. The molecule has 0 unspecified atom stereocenters. The van der Waals surface area contributed by atoms with Crippen LogP contribution in [0.5, 0.6) is 0 Å². The Balaban J connectivity index is 1.58. The van der Waals surface area contributed by atoms with Crippen molar-refractivity contribution in [2.45, 2.75) is 6.54 Å². The minimum atomic E-state index is -0.365. The van der Waals surface area contributed by atoms with Crippen molar-refractivity contribution in [2.24, 2.45) is 0 Å². The maximum atomic E-state index is 12.2. The Morgan fingerprint density at radius 1 is 1.16 bits per heavy atom. The van der Waals surface area contributed by atoms with Crippen LogP contribution in [0.15, 0.2) is 30.5 Å². The molecule has 3 heterocycles. The summed E-state index contributed by atoms with van der Waals surface area (Å²) in [6, 6.07) is 7.05. The molecule has 1 amide bonds. The van der Waals surface area contributed by atoms with Gasteiger partial charge in [-0.25, -0.2) is 9.97 Å². The van der Waals surface area contributed by atoms with Crippen LogP contribution >= 0.6 is 23.2 Å². The average Bonchev–Trinajstić information content (AvgIpc) is 2.63. The lowest BCUT2D eigenvalue weighted by Gasteiger charge is -2.33. The van der Waals surface area contributed by atoms with E-state index in [0.717, 1.165) is 37.6 Å². The van der Waals surface area contributed by atoms with Gasteiger partial charge in [0, 0.05) is 38.9 Å². The molecule has 1 saturated heterocycles. The van der Waals surface area contributed by atoms with E-state index in [-0.39, 0.29) is 21.8 Å². The lowest BCUT2D eigenvalue weighted by molar-refractivity contribution is 0.0946. The number of pyridine rings is 2. The van der Waals surface area contributed by atoms with Crippen LogP contribution in [-0.4, -0.2) is 54.0 Å². The zero-order valence-corrected chi connectivity index (χ0v) is 15.4. The van der Waals surface area contributed by atoms with Crippen LogP contribution in [0.2, 0.25) is 10.2 Å². The maximum Gasteiger partial charge on any atom is 0.271 e. The zero-order chi connectivity index (χ0) is 17.8. The number of hydrogen-bond donors (Lipinski definition) is 1. The highest BCUT2D eigenvalue weighted by atomic mass is 35.5. The van der Waals surface area contributed by atoms with Crippen LogP contribution in [0.25, 0.3) is 0 Å². The van der Waals surface area contributed by atoms with E-state index < -0.39 is 0 Å². The molecule has 25 heavy (non-hydrogen) atoms. The first kappa shape index (κ1) is 17.9. The van der Waals surface area contributed by atoms with Crippen LogP contribution in [-0.2, 0) is 6.54 Å². The summed E-state index contributed by atoms with van der Waals surface area (Å²) in [4.78, 5) is 25.2.